The summed E-state index contributed by atoms with van der Waals surface area (Å²) in [5.74, 6) is 0.725. The summed E-state index contributed by atoms with van der Waals surface area (Å²) < 4.78 is 5.50. The van der Waals surface area contributed by atoms with E-state index < -0.39 is 0 Å². The lowest BCUT2D eigenvalue weighted by molar-refractivity contribution is -0.122. The van der Waals surface area contributed by atoms with E-state index in [0.29, 0.717) is 24.5 Å². The fraction of sp³-hybridized carbons (Fsp3) is 0.917. The van der Waals surface area contributed by atoms with E-state index in [2.05, 4.69) is 17.6 Å². The normalized spacial score (nSPS) is 34.2. The van der Waals surface area contributed by atoms with Gasteiger partial charge in [-0.15, -0.1) is 0 Å². The van der Waals surface area contributed by atoms with E-state index in [1.807, 2.05) is 0 Å². The van der Waals surface area contributed by atoms with Crippen LogP contribution in [0.3, 0.4) is 0 Å². The van der Waals surface area contributed by atoms with Crippen molar-refractivity contribution in [1.82, 2.24) is 10.6 Å². The van der Waals surface area contributed by atoms with Gasteiger partial charge in [0.05, 0.1) is 6.10 Å². The highest BCUT2D eigenvalue weighted by Gasteiger charge is 2.24. The molecule has 2 fully saturated rings. The van der Waals surface area contributed by atoms with Crippen LogP contribution in [-0.4, -0.2) is 37.7 Å². The standard InChI is InChI=1S/C12H22N2O2/c1-9-7-13-8-11(9)14-12(15)5-4-10-3-2-6-16-10/h9-11,13H,2-8H2,1H3,(H,14,15). The van der Waals surface area contributed by atoms with Crippen LogP contribution in [0.15, 0.2) is 0 Å². The van der Waals surface area contributed by atoms with Crippen molar-refractivity contribution in [3.63, 3.8) is 0 Å². The summed E-state index contributed by atoms with van der Waals surface area (Å²) in [6.07, 6.45) is 4.07. The second-order valence-electron chi connectivity index (χ2n) is 4.98. The molecule has 1 amide bonds. The lowest BCUT2D eigenvalue weighted by atomic mass is 10.1. The lowest BCUT2D eigenvalue weighted by Crippen LogP contribution is -2.39. The van der Waals surface area contributed by atoms with Gasteiger partial charge in [0.15, 0.2) is 0 Å². The van der Waals surface area contributed by atoms with E-state index in [1.54, 1.807) is 0 Å². The van der Waals surface area contributed by atoms with Gasteiger partial charge >= 0.3 is 0 Å². The van der Waals surface area contributed by atoms with Crippen LogP contribution in [0.2, 0.25) is 0 Å². The molecule has 92 valence electrons. The zero-order valence-electron chi connectivity index (χ0n) is 10.00. The summed E-state index contributed by atoms with van der Waals surface area (Å²) in [4.78, 5) is 11.7. The Kier molecular flexibility index (Phi) is 4.18. The minimum absolute atomic E-state index is 0.177. The Morgan fingerprint density at radius 3 is 3.00 bits per heavy atom. The molecule has 3 unspecified atom stereocenters. The van der Waals surface area contributed by atoms with E-state index in [9.17, 15) is 4.79 Å². The smallest absolute Gasteiger partial charge is 0.220 e. The number of carbonyl (C=O) groups is 1. The molecule has 0 saturated carbocycles. The van der Waals surface area contributed by atoms with Crippen LogP contribution < -0.4 is 10.6 Å². The molecule has 0 aromatic heterocycles. The first-order valence-electron chi connectivity index (χ1n) is 6.37. The number of carbonyl (C=O) groups excluding carboxylic acids is 1. The molecule has 0 bridgehead atoms. The van der Waals surface area contributed by atoms with Gasteiger partial charge in [-0.2, -0.15) is 0 Å². The molecular formula is C12H22N2O2. The van der Waals surface area contributed by atoms with Crippen molar-refractivity contribution >= 4 is 5.91 Å². The minimum atomic E-state index is 0.177. The van der Waals surface area contributed by atoms with Crippen molar-refractivity contribution in [2.45, 2.75) is 44.8 Å². The first-order valence-corrected chi connectivity index (χ1v) is 6.37. The SMILES string of the molecule is CC1CNCC1NC(=O)CCC1CCCO1. The first-order chi connectivity index (χ1) is 7.75. The molecule has 2 aliphatic rings. The Morgan fingerprint density at radius 1 is 1.50 bits per heavy atom. The zero-order valence-corrected chi connectivity index (χ0v) is 10.00. The summed E-state index contributed by atoms with van der Waals surface area (Å²) >= 11 is 0. The number of hydrogen-bond acceptors (Lipinski definition) is 3. The van der Waals surface area contributed by atoms with Crippen LogP contribution in [0.1, 0.15) is 32.6 Å². The molecule has 2 N–H and O–H groups in total. The van der Waals surface area contributed by atoms with E-state index in [0.717, 1.165) is 39.0 Å². The number of ether oxygens (including phenoxy) is 1. The van der Waals surface area contributed by atoms with Gasteiger partial charge in [-0.1, -0.05) is 6.92 Å². The van der Waals surface area contributed by atoms with Crippen molar-refractivity contribution in [2.24, 2.45) is 5.92 Å². The average molecular weight is 226 g/mol. The molecule has 2 heterocycles. The van der Waals surface area contributed by atoms with Crippen LogP contribution in [0.25, 0.3) is 0 Å². The summed E-state index contributed by atoms with van der Waals surface area (Å²) in [5, 5.41) is 6.38. The molecular weight excluding hydrogens is 204 g/mol. The molecule has 2 saturated heterocycles. The molecule has 4 heteroatoms. The van der Waals surface area contributed by atoms with Gasteiger partial charge in [0.2, 0.25) is 5.91 Å². The molecule has 16 heavy (non-hydrogen) atoms. The van der Waals surface area contributed by atoms with Crippen LogP contribution in [0, 0.1) is 5.92 Å². The van der Waals surface area contributed by atoms with E-state index in [1.165, 1.54) is 0 Å². The Hall–Kier alpha value is -0.610. The predicted octanol–water partition coefficient (Wildman–Crippen LogP) is 0.670. The third kappa shape index (κ3) is 3.19. The van der Waals surface area contributed by atoms with Gasteiger partial charge in [0.25, 0.3) is 0 Å². The first kappa shape index (κ1) is 11.9. The molecule has 0 aromatic carbocycles. The minimum Gasteiger partial charge on any atom is -0.378 e. The van der Waals surface area contributed by atoms with Crippen molar-refractivity contribution in [3.05, 3.63) is 0 Å². The van der Waals surface area contributed by atoms with Gasteiger partial charge in [-0.05, 0) is 31.7 Å². The Balaban J connectivity index is 1.63. The molecule has 2 rings (SSSR count). The van der Waals surface area contributed by atoms with Crippen molar-refractivity contribution < 1.29 is 9.53 Å². The van der Waals surface area contributed by atoms with Gasteiger partial charge in [0.1, 0.15) is 0 Å². The Bertz CT molecular complexity index is 239. The maximum atomic E-state index is 11.7. The molecule has 0 radical (unpaired) electrons. The molecule has 4 nitrogen and oxygen atoms in total. The highest BCUT2D eigenvalue weighted by molar-refractivity contribution is 5.76. The van der Waals surface area contributed by atoms with E-state index >= 15 is 0 Å². The van der Waals surface area contributed by atoms with E-state index in [-0.39, 0.29) is 5.91 Å². The molecule has 0 aliphatic carbocycles. The number of nitrogens with one attached hydrogen (secondary N) is 2. The second-order valence-corrected chi connectivity index (χ2v) is 4.98. The van der Waals surface area contributed by atoms with Gasteiger partial charge in [0, 0.05) is 25.6 Å². The monoisotopic (exact) mass is 226 g/mol. The van der Waals surface area contributed by atoms with Crippen molar-refractivity contribution in [2.75, 3.05) is 19.7 Å². The van der Waals surface area contributed by atoms with Gasteiger partial charge < -0.3 is 15.4 Å². The largest absolute Gasteiger partial charge is 0.378 e. The second kappa shape index (κ2) is 5.64. The fourth-order valence-corrected chi connectivity index (χ4v) is 2.45. The Morgan fingerprint density at radius 2 is 2.38 bits per heavy atom. The summed E-state index contributed by atoms with van der Waals surface area (Å²) in [7, 11) is 0. The van der Waals surface area contributed by atoms with Crippen molar-refractivity contribution in [3.8, 4) is 0 Å². The number of rotatable bonds is 4. The lowest BCUT2D eigenvalue weighted by Gasteiger charge is -2.17. The number of hydrogen-bond donors (Lipinski definition) is 2. The van der Waals surface area contributed by atoms with Crippen LogP contribution >= 0.6 is 0 Å². The fourth-order valence-electron chi connectivity index (χ4n) is 2.45. The predicted molar refractivity (Wildman–Crippen MR) is 62.2 cm³/mol. The summed E-state index contributed by atoms with van der Waals surface area (Å²) in [5.41, 5.74) is 0. The third-order valence-electron chi connectivity index (χ3n) is 3.58. The third-order valence-corrected chi connectivity index (χ3v) is 3.58. The highest BCUT2D eigenvalue weighted by Crippen LogP contribution is 2.17. The van der Waals surface area contributed by atoms with Gasteiger partial charge in [-0.3, -0.25) is 4.79 Å². The maximum absolute atomic E-state index is 11.7. The maximum Gasteiger partial charge on any atom is 0.220 e. The molecule has 3 atom stereocenters. The van der Waals surface area contributed by atoms with Crippen LogP contribution in [0.5, 0.6) is 0 Å². The highest BCUT2D eigenvalue weighted by atomic mass is 16.5. The number of amides is 1. The quantitative estimate of drug-likeness (QED) is 0.741. The molecule has 0 aromatic rings. The molecule has 2 aliphatic heterocycles. The van der Waals surface area contributed by atoms with E-state index in [4.69, 9.17) is 4.74 Å². The Labute approximate surface area is 97.1 Å². The summed E-state index contributed by atoms with van der Waals surface area (Å²) in [6, 6.07) is 0.317. The van der Waals surface area contributed by atoms with Crippen LogP contribution in [0.4, 0.5) is 0 Å². The summed E-state index contributed by atoms with van der Waals surface area (Å²) in [6.45, 7) is 4.96. The average Bonchev–Trinajstić information content (AvgIpc) is 2.88. The van der Waals surface area contributed by atoms with Crippen molar-refractivity contribution in [1.29, 1.82) is 0 Å². The molecule has 0 spiro atoms. The topological polar surface area (TPSA) is 50.4 Å². The van der Waals surface area contributed by atoms with Crippen LogP contribution in [-0.2, 0) is 9.53 Å². The van der Waals surface area contributed by atoms with Gasteiger partial charge in [-0.25, -0.2) is 0 Å². The zero-order chi connectivity index (χ0) is 11.4.